The highest BCUT2D eigenvalue weighted by atomic mass is 35.5. The molecule has 0 aromatic heterocycles. The van der Waals surface area contributed by atoms with Gasteiger partial charge in [0.25, 0.3) is 0 Å². The molecule has 0 aliphatic carbocycles. The first-order valence-electron chi connectivity index (χ1n) is 4.97. The van der Waals surface area contributed by atoms with Crippen LogP contribution in [-0.2, 0) is 11.2 Å². The van der Waals surface area contributed by atoms with Crippen molar-refractivity contribution < 1.29 is 13.6 Å². The molecule has 86 valence electrons. The fourth-order valence-electron chi connectivity index (χ4n) is 1.94. The van der Waals surface area contributed by atoms with Gasteiger partial charge < -0.3 is 4.90 Å². The normalized spacial score (nSPS) is 14.8. The van der Waals surface area contributed by atoms with Crippen LogP contribution in [0.2, 0.25) is 0 Å². The molecule has 1 amide bonds. The SMILES string of the molecule is O=C(CCl)N1CCCc2c(F)cc(F)cc21. The lowest BCUT2D eigenvalue weighted by Crippen LogP contribution is -2.36. The number of hydrogen-bond donors (Lipinski definition) is 0. The molecule has 0 spiro atoms. The van der Waals surface area contributed by atoms with Crippen LogP contribution >= 0.6 is 11.6 Å². The summed E-state index contributed by atoms with van der Waals surface area (Å²) in [6, 6.07) is 2.02. The highest BCUT2D eigenvalue weighted by Gasteiger charge is 2.24. The van der Waals surface area contributed by atoms with Crippen LogP contribution in [0, 0.1) is 11.6 Å². The lowest BCUT2D eigenvalue weighted by molar-refractivity contribution is -0.116. The van der Waals surface area contributed by atoms with E-state index in [9.17, 15) is 13.6 Å². The molecule has 0 radical (unpaired) electrons. The molecule has 2 rings (SSSR count). The Bertz CT molecular complexity index is 436. The summed E-state index contributed by atoms with van der Waals surface area (Å²) in [5, 5.41) is 0. The number of amides is 1. The molecule has 5 heteroatoms. The standard InChI is InChI=1S/C11H10ClF2NO/c12-6-11(16)15-3-1-2-8-9(14)4-7(13)5-10(8)15/h4-5H,1-3,6H2. The van der Waals surface area contributed by atoms with Gasteiger partial charge in [-0.3, -0.25) is 4.79 Å². The number of carbonyl (C=O) groups excluding carboxylic acids is 1. The smallest absolute Gasteiger partial charge is 0.241 e. The molecule has 16 heavy (non-hydrogen) atoms. The Labute approximate surface area is 96.8 Å². The minimum atomic E-state index is -0.675. The maximum atomic E-state index is 13.5. The maximum absolute atomic E-state index is 13.5. The van der Waals surface area contributed by atoms with Crippen molar-refractivity contribution in [1.82, 2.24) is 0 Å². The molecule has 0 saturated carbocycles. The molecule has 1 aromatic carbocycles. The molecule has 1 heterocycles. The van der Waals surface area contributed by atoms with Crippen molar-refractivity contribution in [2.75, 3.05) is 17.3 Å². The number of alkyl halides is 1. The monoisotopic (exact) mass is 245 g/mol. The van der Waals surface area contributed by atoms with Gasteiger partial charge in [-0.15, -0.1) is 11.6 Å². The minimum Gasteiger partial charge on any atom is -0.311 e. The van der Waals surface area contributed by atoms with Crippen LogP contribution in [0.25, 0.3) is 0 Å². The predicted molar refractivity (Wildman–Crippen MR) is 57.8 cm³/mol. The highest BCUT2D eigenvalue weighted by Crippen LogP contribution is 2.30. The van der Waals surface area contributed by atoms with E-state index >= 15 is 0 Å². The minimum absolute atomic E-state index is 0.183. The molecule has 1 aliphatic heterocycles. The van der Waals surface area contributed by atoms with Crippen LogP contribution in [-0.4, -0.2) is 18.3 Å². The van der Waals surface area contributed by atoms with Crippen molar-refractivity contribution >= 4 is 23.2 Å². The maximum Gasteiger partial charge on any atom is 0.241 e. The van der Waals surface area contributed by atoms with E-state index in [-0.39, 0.29) is 11.8 Å². The van der Waals surface area contributed by atoms with Crippen LogP contribution in [0.3, 0.4) is 0 Å². The van der Waals surface area contributed by atoms with Gasteiger partial charge in [-0.1, -0.05) is 0 Å². The first-order valence-corrected chi connectivity index (χ1v) is 5.51. The number of benzene rings is 1. The van der Waals surface area contributed by atoms with E-state index in [1.54, 1.807) is 0 Å². The lowest BCUT2D eigenvalue weighted by Gasteiger charge is -2.29. The summed E-state index contributed by atoms with van der Waals surface area (Å²) in [4.78, 5) is 12.8. The Hall–Kier alpha value is -1.16. The Morgan fingerprint density at radius 1 is 1.44 bits per heavy atom. The topological polar surface area (TPSA) is 20.3 Å². The molecular formula is C11H10ClF2NO. The predicted octanol–water partition coefficient (Wildman–Crippen LogP) is 2.48. The Morgan fingerprint density at radius 2 is 2.19 bits per heavy atom. The average Bonchev–Trinajstić information content (AvgIpc) is 2.27. The summed E-state index contributed by atoms with van der Waals surface area (Å²) in [6.45, 7) is 0.460. The Balaban J connectivity index is 2.49. The summed E-state index contributed by atoms with van der Waals surface area (Å²) in [5.41, 5.74) is 0.709. The Kier molecular flexibility index (Phi) is 3.10. The highest BCUT2D eigenvalue weighted by molar-refractivity contribution is 6.29. The fraction of sp³-hybridized carbons (Fsp3) is 0.364. The van der Waals surface area contributed by atoms with Crippen molar-refractivity contribution in [2.45, 2.75) is 12.8 Å². The first-order chi connectivity index (χ1) is 7.63. The third kappa shape index (κ3) is 1.89. The molecule has 1 aliphatic rings. The van der Waals surface area contributed by atoms with Crippen molar-refractivity contribution in [3.63, 3.8) is 0 Å². The van der Waals surface area contributed by atoms with Gasteiger partial charge in [0.05, 0.1) is 5.69 Å². The molecule has 0 fully saturated rings. The van der Waals surface area contributed by atoms with Gasteiger partial charge in [-0.2, -0.15) is 0 Å². The van der Waals surface area contributed by atoms with E-state index in [2.05, 4.69) is 0 Å². The number of hydrogen-bond acceptors (Lipinski definition) is 1. The zero-order valence-electron chi connectivity index (χ0n) is 8.47. The molecule has 1 aromatic rings. The van der Waals surface area contributed by atoms with Crippen molar-refractivity contribution in [3.05, 3.63) is 29.3 Å². The average molecular weight is 246 g/mol. The quantitative estimate of drug-likeness (QED) is 0.696. The summed E-state index contributed by atoms with van der Waals surface area (Å²) in [6.07, 6.45) is 1.19. The first kappa shape index (κ1) is 11.3. The van der Waals surface area contributed by atoms with Gasteiger partial charge in [-0.05, 0) is 18.9 Å². The third-order valence-corrected chi connectivity index (χ3v) is 2.88. The second-order valence-electron chi connectivity index (χ2n) is 3.67. The van der Waals surface area contributed by atoms with E-state index in [4.69, 9.17) is 11.6 Å². The molecular weight excluding hydrogens is 236 g/mol. The summed E-state index contributed by atoms with van der Waals surface area (Å²) in [7, 11) is 0. The summed E-state index contributed by atoms with van der Waals surface area (Å²) in [5.74, 6) is -1.78. The molecule has 0 unspecified atom stereocenters. The zero-order chi connectivity index (χ0) is 11.7. The number of nitrogens with zero attached hydrogens (tertiary/aromatic N) is 1. The lowest BCUT2D eigenvalue weighted by atomic mass is 10.0. The zero-order valence-corrected chi connectivity index (χ0v) is 9.23. The van der Waals surface area contributed by atoms with Gasteiger partial charge in [-0.25, -0.2) is 8.78 Å². The van der Waals surface area contributed by atoms with Crippen molar-refractivity contribution in [3.8, 4) is 0 Å². The number of fused-ring (bicyclic) bond motifs is 1. The molecule has 0 saturated heterocycles. The number of rotatable bonds is 1. The van der Waals surface area contributed by atoms with Gasteiger partial charge in [0.1, 0.15) is 17.5 Å². The van der Waals surface area contributed by atoms with E-state index in [0.29, 0.717) is 30.6 Å². The molecule has 2 nitrogen and oxygen atoms in total. The summed E-state index contributed by atoms with van der Waals surface area (Å²) >= 11 is 5.45. The number of carbonyl (C=O) groups is 1. The second-order valence-corrected chi connectivity index (χ2v) is 3.94. The van der Waals surface area contributed by atoms with Gasteiger partial charge in [0.2, 0.25) is 5.91 Å². The van der Waals surface area contributed by atoms with Crippen molar-refractivity contribution in [1.29, 1.82) is 0 Å². The van der Waals surface area contributed by atoms with E-state index in [0.717, 1.165) is 6.07 Å². The van der Waals surface area contributed by atoms with Crippen LogP contribution in [0.5, 0.6) is 0 Å². The fourth-order valence-corrected chi connectivity index (χ4v) is 2.09. The van der Waals surface area contributed by atoms with Crippen LogP contribution in [0.4, 0.5) is 14.5 Å². The Morgan fingerprint density at radius 3 is 2.88 bits per heavy atom. The number of halogens is 3. The van der Waals surface area contributed by atoms with E-state index < -0.39 is 11.6 Å². The van der Waals surface area contributed by atoms with Gasteiger partial charge in [0.15, 0.2) is 0 Å². The second kappa shape index (κ2) is 4.37. The van der Waals surface area contributed by atoms with Crippen LogP contribution in [0.15, 0.2) is 12.1 Å². The molecule has 0 atom stereocenters. The molecule has 0 N–H and O–H groups in total. The van der Waals surface area contributed by atoms with E-state index in [1.165, 1.54) is 11.0 Å². The third-order valence-electron chi connectivity index (χ3n) is 2.65. The summed E-state index contributed by atoms with van der Waals surface area (Å²) < 4.78 is 26.5. The van der Waals surface area contributed by atoms with Crippen LogP contribution < -0.4 is 4.90 Å². The van der Waals surface area contributed by atoms with Gasteiger partial charge >= 0.3 is 0 Å². The van der Waals surface area contributed by atoms with E-state index in [1.807, 2.05) is 0 Å². The molecule has 0 bridgehead atoms. The van der Waals surface area contributed by atoms with Gasteiger partial charge in [0, 0.05) is 18.2 Å². The number of anilines is 1. The van der Waals surface area contributed by atoms with Crippen LogP contribution in [0.1, 0.15) is 12.0 Å². The van der Waals surface area contributed by atoms with Crippen molar-refractivity contribution in [2.24, 2.45) is 0 Å². The largest absolute Gasteiger partial charge is 0.311 e.